The van der Waals surface area contributed by atoms with Crippen molar-refractivity contribution >= 4 is 15.7 Å². The number of hydrogen-bond acceptors (Lipinski definition) is 4. The summed E-state index contributed by atoms with van der Waals surface area (Å²) in [6.45, 7) is 1.75. The number of aryl methyl sites for hydroxylation is 1. The maximum atomic E-state index is 13.5. The van der Waals surface area contributed by atoms with Gasteiger partial charge in [-0.25, -0.2) is 13.4 Å². The molecule has 176 valence electrons. The van der Waals surface area contributed by atoms with Gasteiger partial charge in [0.2, 0.25) is 0 Å². The molecule has 1 saturated carbocycles. The zero-order chi connectivity index (χ0) is 22.9. The molecule has 1 aliphatic carbocycles. The topological polar surface area (TPSA) is 69.3 Å². The van der Waals surface area contributed by atoms with Gasteiger partial charge in [-0.3, -0.25) is 0 Å². The fourth-order valence-electron chi connectivity index (χ4n) is 5.01. The molecule has 10 heteroatoms. The van der Waals surface area contributed by atoms with Crippen LogP contribution in [0.5, 0.6) is 0 Å². The van der Waals surface area contributed by atoms with E-state index in [2.05, 4.69) is 14.9 Å². The van der Waals surface area contributed by atoms with Gasteiger partial charge in [0, 0.05) is 31.0 Å². The Hall–Kier alpha value is -2.07. The standard InChI is InChI=1S/C22H29F3N4O2S/c1-16-5-4-8-21-20(16)14-28(32(30,31)22(23,24)25)13-19(10-9-17-6-2-3-7-17)29(21)12-18-11-26-15-27-18/h4-5,8,11,15,17,19H,2-3,6-7,9-10,12-14H2,1H3,(H,26,27). The van der Waals surface area contributed by atoms with E-state index in [1.165, 1.54) is 12.8 Å². The van der Waals surface area contributed by atoms with E-state index in [-0.39, 0.29) is 19.1 Å². The summed E-state index contributed by atoms with van der Waals surface area (Å²) in [4.78, 5) is 9.20. The number of sulfonamides is 1. The van der Waals surface area contributed by atoms with Crippen LogP contribution >= 0.6 is 0 Å². The van der Waals surface area contributed by atoms with Crippen molar-refractivity contribution in [1.29, 1.82) is 0 Å². The van der Waals surface area contributed by atoms with E-state index in [0.717, 1.165) is 36.2 Å². The Balaban J connectivity index is 1.74. The molecule has 1 N–H and O–H groups in total. The molecule has 6 nitrogen and oxygen atoms in total. The summed E-state index contributed by atoms with van der Waals surface area (Å²) in [5.41, 5.74) is -2.32. The summed E-state index contributed by atoms with van der Waals surface area (Å²) in [7, 11) is -5.45. The van der Waals surface area contributed by atoms with Crippen molar-refractivity contribution in [2.45, 2.75) is 70.1 Å². The number of aromatic nitrogens is 2. The fourth-order valence-corrected chi connectivity index (χ4v) is 5.97. The molecule has 0 bridgehead atoms. The van der Waals surface area contributed by atoms with Gasteiger partial charge in [-0.05, 0) is 42.9 Å². The number of rotatable bonds is 6. The molecule has 1 unspecified atom stereocenters. The molecule has 1 aliphatic heterocycles. The average Bonchev–Trinajstić information content (AvgIpc) is 3.40. The normalized spacial score (nSPS) is 21.0. The molecule has 0 amide bonds. The molecule has 2 heterocycles. The van der Waals surface area contributed by atoms with Crippen molar-refractivity contribution in [2.75, 3.05) is 11.4 Å². The Morgan fingerprint density at radius 1 is 1.19 bits per heavy atom. The molecule has 1 fully saturated rings. The van der Waals surface area contributed by atoms with Crippen LogP contribution in [-0.4, -0.2) is 40.8 Å². The molecule has 4 rings (SSSR count). The second kappa shape index (κ2) is 9.05. The predicted octanol–water partition coefficient (Wildman–Crippen LogP) is 4.73. The summed E-state index contributed by atoms with van der Waals surface area (Å²) in [6.07, 6.45) is 9.41. The van der Waals surface area contributed by atoms with Crippen LogP contribution in [0.15, 0.2) is 30.7 Å². The average molecular weight is 471 g/mol. The lowest BCUT2D eigenvalue weighted by Crippen LogP contribution is -2.47. The van der Waals surface area contributed by atoms with Gasteiger partial charge in [-0.1, -0.05) is 37.8 Å². The van der Waals surface area contributed by atoms with Crippen LogP contribution in [0.4, 0.5) is 18.9 Å². The van der Waals surface area contributed by atoms with Crippen LogP contribution in [-0.2, 0) is 23.1 Å². The number of halogens is 3. The van der Waals surface area contributed by atoms with Crippen LogP contribution in [0.25, 0.3) is 0 Å². The molecule has 1 atom stereocenters. The molecular weight excluding hydrogens is 441 g/mol. The van der Waals surface area contributed by atoms with E-state index >= 15 is 0 Å². The highest BCUT2D eigenvalue weighted by Crippen LogP contribution is 2.38. The number of alkyl halides is 3. The van der Waals surface area contributed by atoms with E-state index in [0.29, 0.717) is 28.8 Å². The maximum Gasteiger partial charge on any atom is 0.511 e. The number of fused-ring (bicyclic) bond motifs is 1. The van der Waals surface area contributed by atoms with Gasteiger partial charge in [0.1, 0.15) is 0 Å². The highest BCUT2D eigenvalue weighted by molar-refractivity contribution is 7.89. The lowest BCUT2D eigenvalue weighted by atomic mass is 9.97. The summed E-state index contributed by atoms with van der Waals surface area (Å²) < 4.78 is 66.2. The van der Waals surface area contributed by atoms with E-state index in [1.54, 1.807) is 12.5 Å². The summed E-state index contributed by atoms with van der Waals surface area (Å²) in [6, 6.07) is 5.19. The van der Waals surface area contributed by atoms with Gasteiger partial charge < -0.3 is 9.88 Å². The Bertz CT molecular complexity index is 1020. The third kappa shape index (κ3) is 4.66. The molecule has 32 heavy (non-hydrogen) atoms. The van der Waals surface area contributed by atoms with E-state index in [9.17, 15) is 21.6 Å². The van der Waals surface area contributed by atoms with Crippen molar-refractivity contribution in [3.05, 3.63) is 47.5 Å². The first kappa shape index (κ1) is 23.1. The number of nitrogens with zero attached hydrogens (tertiary/aromatic N) is 3. The van der Waals surface area contributed by atoms with Crippen molar-refractivity contribution in [3.63, 3.8) is 0 Å². The monoisotopic (exact) mass is 470 g/mol. The largest absolute Gasteiger partial charge is 0.511 e. The summed E-state index contributed by atoms with van der Waals surface area (Å²) >= 11 is 0. The quantitative estimate of drug-likeness (QED) is 0.663. The molecule has 0 spiro atoms. The molecule has 2 aromatic rings. The van der Waals surface area contributed by atoms with E-state index < -0.39 is 15.5 Å². The second-order valence-electron chi connectivity index (χ2n) is 8.90. The third-order valence-corrected chi connectivity index (χ3v) is 8.34. The molecule has 1 aromatic carbocycles. The molecule has 1 aromatic heterocycles. The minimum atomic E-state index is -5.45. The zero-order valence-electron chi connectivity index (χ0n) is 18.1. The van der Waals surface area contributed by atoms with Gasteiger partial charge in [0.25, 0.3) is 0 Å². The highest BCUT2D eigenvalue weighted by atomic mass is 32.2. The van der Waals surface area contributed by atoms with Crippen LogP contribution in [0, 0.1) is 12.8 Å². The maximum absolute atomic E-state index is 13.5. The lowest BCUT2D eigenvalue weighted by Gasteiger charge is -2.34. The minimum Gasteiger partial charge on any atom is -0.361 e. The molecule has 0 radical (unpaired) electrons. The highest BCUT2D eigenvalue weighted by Gasteiger charge is 2.51. The smallest absolute Gasteiger partial charge is 0.361 e. The minimum absolute atomic E-state index is 0.198. The Labute approximate surface area is 186 Å². The SMILES string of the molecule is Cc1cccc2c1CN(S(=O)(=O)C(F)(F)F)CC(CCC1CCCC1)N2Cc1cnc[nH]1. The van der Waals surface area contributed by atoms with Gasteiger partial charge in [0.05, 0.1) is 18.6 Å². The van der Waals surface area contributed by atoms with Crippen LogP contribution in [0.3, 0.4) is 0 Å². The third-order valence-electron chi connectivity index (χ3n) is 6.80. The van der Waals surface area contributed by atoms with Crippen molar-refractivity contribution < 1.29 is 21.6 Å². The number of aromatic amines is 1. The van der Waals surface area contributed by atoms with Gasteiger partial charge in [0.15, 0.2) is 0 Å². The Morgan fingerprint density at radius 3 is 2.59 bits per heavy atom. The van der Waals surface area contributed by atoms with E-state index in [4.69, 9.17) is 0 Å². The zero-order valence-corrected chi connectivity index (χ0v) is 18.9. The van der Waals surface area contributed by atoms with Gasteiger partial charge >= 0.3 is 15.5 Å². The van der Waals surface area contributed by atoms with Crippen molar-refractivity contribution in [1.82, 2.24) is 14.3 Å². The summed E-state index contributed by atoms with van der Waals surface area (Å²) in [5, 5.41) is 0. The summed E-state index contributed by atoms with van der Waals surface area (Å²) in [5.74, 6) is 0.553. The van der Waals surface area contributed by atoms with Crippen LogP contribution in [0.1, 0.15) is 55.3 Å². The predicted molar refractivity (Wildman–Crippen MR) is 116 cm³/mol. The number of nitrogens with one attached hydrogen (secondary N) is 1. The molecule has 0 saturated heterocycles. The molecule has 2 aliphatic rings. The number of hydrogen-bond donors (Lipinski definition) is 1. The number of benzene rings is 1. The first-order valence-electron chi connectivity index (χ1n) is 11.1. The second-order valence-corrected chi connectivity index (χ2v) is 10.8. The number of anilines is 1. The van der Waals surface area contributed by atoms with Crippen molar-refractivity contribution in [2.24, 2.45) is 5.92 Å². The lowest BCUT2D eigenvalue weighted by molar-refractivity contribution is -0.0492. The van der Waals surface area contributed by atoms with E-state index in [1.807, 2.05) is 25.1 Å². The first-order chi connectivity index (χ1) is 15.2. The first-order valence-corrected chi connectivity index (χ1v) is 12.5. The number of H-pyrrole nitrogens is 1. The van der Waals surface area contributed by atoms with Crippen LogP contribution < -0.4 is 4.90 Å². The van der Waals surface area contributed by atoms with Crippen molar-refractivity contribution in [3.8, 4) is 0 Å². The fraction of sp³-hybridized carbons (Fsp3) is 0.591. The Morgan fingerprint density at radius 2 is 1.94 bits per heavy atom. The Kier molecular flexibility index (Phi) is 6.53. The number of imidazole rings is 1. The van der Waals surface area contributed by atoms with Gasteiger partial charge in [-0.15, -0.1) is 0 Å². The molecular formula is C22H29F3N4O2S. The van der Waals surface area contributed by atoms with Crippen LogP contribution in [0.2, 0.25) is 0 Å². The van der Waals surface area contributed by atoms with Gasteiger partial charge in [-0.2, -0.15) is 17.5 Å².